The Balaban J connectivity index is 2.18. The Labute approximate surface area is 113 Å². The van der Waals surface area contributed by atoms with Crippen LogP contribution in [0, 0.1) is 11.0 Å². The highest BCUT2D eigenvalue weighted by molar-refractivity contribution is 6.52. The fraction of sp³-hybridized carbons (Fsp3) is 0. The lowest BCUT2D eigenvalue weighted by molar-refractivity contribution is -0.355. The van der Waals surface area contributed by atoms with Gasteiger partial charge in [0.05, 0.1) is 5.56 Å². The highest BCUT2D eigenvalue weighted by Crippen LogP contribution is 2.30. The molecule has 0 atom stereocenters. The third-order valence-electron chi connectivity index (χ3n) is 2.96. The number of halogens is 2. The number of fused-ring (bicyclic) bond motifs is 1. The predicted octanol–water partition coefficient (Wildman–Crippen LogP) is 3.31. The Hall–Kier alpha value is -2.20. The summed E-state index contributed by atoms with van der Waals surface area (Å²) in [7, 11) is 0. The zero-order valence-electron chi connectivity index (χ0n) is 9.56. The first-order valence-electron chi connectivity index (χ1n) is 5.52. The number of rotatable bonds is 1. The fourth-order valence-corrected chi connectivity index (χ4v) is 2.23. The zero-order valence-corrected chi connectivity index (χ0v) is 10.3. The Morgan fingerprint density at radius 2 is 1.79 bits per heavy atom. The summed E-state index contributed by atoms with van der Waals surface area (Å²) in [4.78, 5) is 12.2. The predicted molar refractivity (Wildman–Crippen MR) is 69.6 cm³/mol. The van der Waals surface area contributed by atoms with Gasteiger partial charge in [-0.1, -0.05) is 11.6 Å². The van der Waals surface area contributed by atoms with E-state index < -0.39 is 5.82 Å². The minimum atomic E-state index is -0.423. The molecule has 19 heavy (non-hydrogen) atoms. The Morgan fingerprint density at radius 1 is 1.11 bits per heavy atom. The van der Waals surface area contributed by atoms with Gasteiger partial charge < -0.3 is 5.21 Å². The minimum absolute atomic E-state index is 0.0164. The first-order chi connectivity index (χ1) is 9.08. The molecule has 0 saturated carbocycles. The topological polar surface area (TPSA) is 43.1 Å². The molecule has 0 saturated heterocycles. The monoisotopic (exact) mass is 275 g/mol. The molecule has 0 amide bonds. The number of Topliss-reactive ketones (excluding diaryl/α,β-unsaturated/α-hetero) is 1. The Bertz CT molecular complexity index is 723. The number of carbonyl (C=O) groups is 1. The van der Waals surface area contributed by atoms with Crippen LogP contribution in [-0.4, -0.2) is 16.2 Å². The molecule has 0 unspecified atom stereocenters. The molecule has 0 radical (unpaired) electrons. The first kappa shape index (κ1) is 11.9. The van der Waals surface area contributed by atoms with Gasteiger partial charge in [-0.3, -0.25) is 4.79 Å². The van der Waals surface area contributed by atoms with Crippen molar-refractivity contribution in [3.63, 3.8) is 0 Å². The van der Waals surface area contributed by atoms with E-state index in [0.29, 0.717) is 20.9 Å². The molecule has 5 heteroatoms. The molecular formula is C14H7ClFNO2. The fourth-order valence-electron chi connectivity index (χ4n) is 2.06. The molecule has 3 nitrogen and oxygen atoms in total. The van der Waals surface area contributed by atoms with Crippen LogP contribution in [0.3, 0.4) is 0 Å². The van der Waals surface area contributed by atoms with Crippen molar-refractivity contribution in [3.05, 3.63) is 69.6 Å². The second kappa shape index (κ2) is 4.17. The van der Waals surface area contributed by atoms with E-state index >= 15 is 0 Å². The third kappa shape index (κ3) is 1.81. The van der Waals surface area contributed by atoms with Gasteiger partial charge in [-0.2, -0.15) is 4.74 Å². The summed E-state index contributed by atoms with van der Waals surface area (Å²) >= 11 is 5.82. The normalized spacial score (nSPS) is 13.9. The van der Waals surface area contributed by atoms with Gasteiger partial charge in [-0.15, -0.1) is 0 Å². The van der Waals surface area contributed by atoms with E-state index in [4.69, 9.17) is 11.6 Å². The van der Waals surface area contributed by atoms with Gasteiger partial charge in [0.15, 0.2) is 0 Å². The van der Waals surface area contributed by atoms with Crippen LogP contribution >= 0.6 is 11.6 Å². The van der Waals surface area contributed by atoms with Crippen molar-refractivity contribution >= 4 is 28.8 Å². The number of ketones is 1. The van der Waals surface area contributed by atoms with E-state index in [-0.39, 0.29) is 17.2 Å². The van der Waals surface area contributed by atoms with Crippen LogP contribution in [0.4, 0.5) is 10.1 Å². The number of benzene rings is 2. The molecule has 0 bridgehead atoms. The molecule has 0 spiro atoms. The van der Waals surface area contributed by atoms with Crippen molar-refractivity contribution in [2.75, 3.05) is 0 Å². The van der Waals surface area contributed by atoms with E-state index in [1.165, 1.54) is 36.4 Å². The Kier molecular flexibility index (Phi) is 2.61. The molecular weight excluding hydrogens is 269 g/mol. The average molecular weight is 276 g/mol. The number of carbonyl (C=O) groups excluding carboxylic acids is 1. The SMILES string of the molecule is O=C1C(c2ccc(F)cc2)=[N+]([O-])c2cc(Cl)ccc21. The summed E-state index contributed by atoms with van der Waals surface area (Å²) in [6, 6.07) is 9.74. The summed E-state index contributed by atoms with van der Waals surface area (Å²) in [5.41, 5.74) is 0.890. The van der Waals surface area contributed by atoms with Crippen molar-refractivity contribution in [2.24, 2.45) is 0 Å². The highest BCUT2D eigenvalue weighted by Gasteiger charge is 2.36. The lowest BCUT2D eigenvalue weighted by Crippen LogP contribution is -2.16. The largest absolute Gasteiger partial charge is 0.618 e. The van der Waals surface area contributed by atoms with Gasteiger partial charge in [0.25, 0.3) is 11.5 Å². The quantitative estimate of drug-likeness (QED) is 0.592. The average Bonchev–Trinajstić information content (AvgIpc) is 2.63. The number of hydrogen-bond donors (Lipinski definition) is 0. The molecule has 1 aliphatic heterocycles. The summed E-state index contributed by atoms with van der Waals surface area (Å²) in [5, 5.41) is 12.5. The van der Waals surface area contributed by atoms with Crippen molar-refractivity contribution in [3.8, 4) is 0 Å². The maximum Gasteiger partial charge on any atom is 0.272 e. The lowest BCUT2D eigenvalue weighted by atomic mass is 10.0. The van der Waals surface area contributed by atoms with Crippen LogP contribution < -0.4 is 0 Å². The van der Waals surface area contributed by atoms with Crippen LogP contribution in [0.25, 0.3) is 0 Å². The molecule has 2 aromatic rings. The molecule has 0 N–H and O–H groups in total. The van der Waals surface area contributed by atoms with E-state index in [9.17, 15) is 14.4 Å². The second-order valence-corrected chi connectivity index (χ2v) is 4.58. The summed E-state index contributed by atoms with van der Waals surface area (Å²) in [6.07, 6.45) is 0. The van der Waals surface area contributed by atoms with Gasteiger partial charge in [0, 0.05) is 11.1 Å². The third-order valence-corrected chi connectivity index (χ3v) is 3.19. The molecule has 94 valence electrons. The Morgan fingerprint density at radius 3 is 2.47 bits per heavy atom. The van der Waals surface area contributed by atoms with Crippen molar-refractivity contribution in [2.45, 2.75) is 0 Å². The second-order valence-electron chi connectivity index (χ2n) is 4.14. The van der Waals surface area contributed by atoms with Gasteiger partial charge in [-0.05, 0) is 36.4 Å². The molecule has 2 aromatic carbocycles. The van der Waals surface area contributed by atoms with E-state index in [1.807, 2.05) is 0 Å². The smallest absolute Gasteiger partial charge is 0.272 e. The van der Waals surface area contributed by atoms with Crippen molar-refractivity contribution < 1.29 is 13.9 Å². The molecule has 0 aromatic heterocycles. The minimum Gasteiger partial charge on any atom is -0.618 e. The van der Waals surface area contributed by atoms with Crippen molar-refractivity contribution in [1.82, 2.24) is 0 Å². The highest BCUT2D eigenvalue weighted by atomic mass is 35.5. The van der Waals surface area contributed by atoms with Crippen LogP contribution in [-0.2, 0) is 0 Å². The van der Waals surface area contributed by atoms with Crippen LogP contribution in [0.5, 0.6) is 0 Å². The molecule has 0 aliphatic carbocycles. The first-order valence-corrected chi connectivity index (χ1v) is 5.90. The van der Waals surface area contributed by atoms with Crippen LogP contribution in [0.15, 0.2) is 42.5 Å². The summed E-state index contributed by atoms with van der Waals surface area (Å²) in [5.74, 6) is -0.805. The van der Waals surface area contributed by atoms with E-state index in [1.54, 1.807) is 6.07 Å². The van der Waals surface area contributed by atoms with Crippen LogP contribution in [0.1, 0.15) is 15.9 Å². The molecule has 1 aliphatic rings. The molecule has 1 heterocycles. The maximum absolute atomic E-state index is 12.9. The summed E-state index contributed by atoms with van der Waals surface area (Å²) < 4.78 is 13.4. The van der Waals surface area contributed by atoms with Gasteiger partial charge in [0.2, 0.25) is 5.69 Å². The van der Waals surface area contributed by atoms with Gasteiger partial charge in [-0.25, -0.2) is 4.39 Å². The summed E-state index contributed by atoms with van der Waals surface area (Å²) in [6.45, 7) is 0. The van der Waals surface area contributed by atoms with Crippen LogP contribution in [0.2, 0.25) is 5.02 Å². The standard InChI is InChI=1S/C14H7ClFNO2/c15-9-3-6-11-12(7-9)17(19)13(14(11)18)8-1-4-10(16)5-2-8/h1-7H. The van der Waals surface area contributed by atoms with Gasteiger partial charge in [0.1, 0.15) is 11.4 Å². The maximum atomic E-state index is 12.9. The van der Waals surface area contributed by atoms with Gasteiger partial charge >= 0.3 is 0 Å². The van der Waals surface area contributed by atoms with E-state index in [0.717, 1.165) is 0 Å². The lowest BCUT2D eigenvalue weighted by Gasteiger charge is -2.02. The molecule has 0 fully saturated rings. The zero-order chi connectivity index (χ0) is 13.6. The number of hydrogen-bond acceptors (Lipinski definition) is 2. The van der Waals surface area contributed by atoms with Crippen molar-refractivity contribution in [1.29, 1.82) is 0 Å². The van der Waals surface area contributed by atoms with E-state index in [2.05, 4.69) is 0 Å². The number of nitrogens with zero attached hydrogens (tertiary/aromatic N) is 1. The molecule has 3 rings (SSSR count).